The molecule has 0 spiro atoms. The molecular formula is C17H29NO. The van der Waals surface area contributed by atoms with Crippen LogP contribution in [0.1, 0.15) is 72.1 Å². The molecule has 0 heterocycles. The number of hydrogen-bond acceptors (Lipinski definition) is 2. The Morgan fingerprint density at radius 3 is 2.26 bits per heavy atom. The van der Waals surface area contributed by atoms with Crippen molar-refractivity contribution in [3.63, 3.8) is 0 Å². The van der Waals surface area contributed by atoms with Crippen molar-refractivity contribution in [2.45, 2.75) is 77.7 Å². The van der Waals surface area contributed by atoms with Crippen LogP contribution >= 0.6 is 0 Å². The van der Waals surface area contributed by atoms with E-state index in [1.165, 1.54) is 12.8 Å². The fourth-order valence-electron chi connectivity index (χ4n) is 4.22. The molecule has 2 nitrogen and oxygen atoms in total. The van der Waals surface area contributed by atoms with Gasteiger partial charge in [-0.05, 0) is 56.3 Å². The number of nitriles is 1. The van der Waals surface area contributed by atoms with E-state index in [1.54, 1.807) is 0 Å². The SMILES string of the molecule is CCCC1CCC(C#N)(C2(O)CC(C(C)C)C2)CC1. The van der Waals surface area contributed by atoms with Gasteiger partial charge in [0.15, 0.2) is 0 Å². The summed E-state index contributed by atoms with van der Waals surface area (Å²) in [5.41, 5.74) is -1.13. The minimum Gasteiger partial charge on any atom is -0.388 e. The van der Waals surface area contributed by atoms with Crippen LogP contribution < -0.4 is 0 Å². The largest absolute Gasteiger partial charge is 0.388 e. The van der Waals surface area contributed by atoms with E-state index in [4.69, 9.17) is 0 Å². The predicted octanol–water partition coefficient (Wildman–Crippen LogP) is 4.28. The smallest absolute Gasteiger partial charge is 0.0860 e. The second-order valence-electron chi connectivity index (χ2n) is 7.37. The molecule has 0 aliphatic heterocycles. The fourth-order valence-corrected chi connectivity index (χ4v) is 4.22. The molecule has 2 heteroatoms. The zero-order valence-electron chi connectivity index (χ0n) is 12.8. The first-order valence-corrected chi connectivity index (χ1v) is 8.10. The third kappa shape index (κ3) is 2.55. The van der Waals surface area contributed by atoms with Gasteiger partial charge >= 0.3 is 0 Å². The Hall–Kier alpha value is -0.550. The molecule has 0 saturated heterocycles. The third-order valence-electron chi connectivity index (χ3n) is 5.90. The quantitative estimate of drug-likeness (QED) is 0.822. The molecule has 0 atom stereocenters. The summed E-state index contributed by atoms with van der Waals surface area (Å²) in [6.07, 6.45) is 8.31. The molecule has 1 N–H and O–H groups in total. The van der Waals surface area contributed by atoms with Crippen LogP contribution in [0.5, 0.6) is 0 Å². The second-order valence-corrected chi connectivity index (χ2v) is 7.37. The summed E-state index contributed by atoms with van der Waals surface area (Å²) in [5, 5.41) is 20.6. The van der Waals surface area contributed by atoms with Crippen LogP contribution in [-0.2, 0) is 0 Å². The molecular weight excluding hydrogens is 234 g/mol. The molecule has 0 unspecified atom stereocenters. The third-order valence-corrected chi connectivity index (χ3v) is 5.90. The Labute approximate surface area is 118 Å². The molecule has 2 saturated carbocycles. The van der Waals surface area contributed by atoms with Crippen molar-refractivity contribution in [1.29, 1.82) is 5.26 Å². The predicted molar refractivity (Wildman–Crippen MR) is 77.4 cm³/mol. The Bertz CT molecular complexity index is 341. The van der Waals surface area contributed by atoms with Crippen LogP contribution in [0.25, 0.3) is 0 Å². The lowest BCUT2D eigenvalue weighted by molar-refractivity contribution is -0.168. The molecule has 0 aromatic carbocycles. The van der Waals surface area contributed by atoms with E-state index >= 15 is 0 Å². The Kier molecular flexibility index (Phi) is 4.26. The summed E-state index contributed by atoms with van der Waals surface area (Å²) in [6, 6.07) is 2.53. The van der Waals surface area contributed by atoms with Gasteiger partial charge in [-0.25, -0.2) is 0 Å². The van der Waals surface area contributed by atoms with Crippen LogP contribution in [0.15, 0.2) is 0 Å². The topological polar surface area (TPSA) is 44.0 Å². The van der Waals surface area contributed by atoms with Gasteiger partial charge in [0.1, 0.15) is 0 Å². The zero-order valence-corrected chi connectivity index (χ0v) is 12.8. The lowest BCUT2D eigenvalue weighted by atomic mass is 9.51. The highest BCUT2D eigenvalue weighted by Gasteiger charge is 2.58. The highest BCUT2D eigenvalue weighted by Crippen LogP contribution is 2.57. The number of nitrogens with zero attached hydrogens (tertiary/aromatic N) is 1. The van der Waals surface area contributed by atoms with Gasteiger partial charge < -0.3 is 5.11 Å². The Balaban J connectivity index is 2.00. The molecule has 0 aromatic rings. The average Bonchev–Trinajstić information content (AvgIpc) is 2.36. The minimum atomic E-state index is -0.687. The fraction of sp³-hybridized carbons (Fsp3) is 0.941. The standard InChI is InChI=1S/C17H29NO/c1-4-5-14-6-8-16(12-18,9-7-14)17(19)10-15(11-17)13(2)3/h13-15,19H,4-11H2,1-3H3. The monoisotopic (exact) mass is 263 g/mol. The molecule has 0 amide bonds. The highest BCUT2D eigenvalue weighted by atomic mass is 16.3. The van der Waals surface area contributed by atoms with E-state index in [-0.39, 0.29) is 0 Å². The maximum Gasteiger partial charge on any atom is 0.0860 e. The van der Waals surface area contributed by atoms with E-state index in [1.807, 2.05) is 0 Å². The molecule has 2 fully saturated rings. The van der Waals surface area contributed by atoms with Gasteiger partial charge in [-0.1, -0.05) is 33.6 Å². The Morgan fingerprint density at radius 1 is 1.26 bits per heavy atom. The summed E-state index contributed by atoms with van der Waals surface area (Å²) in [7, 11) is 0. The lowest BCUT2D eigenvalue weighted by Gasteiger charge is -2.56. The van der Waals surface area contributed by atoms with Gasteiger partial charge in [-0.3, -0.25) is 0 Å². The highest BCUT2D eigenvalue weighted by molar-refractivity contribution is 5.17. The second kappa shape index (κ2) is 5.44. The number of hydrogen-bond donors (Lipinski definition) is 1. The first-order chi connectivity index (χ1) is 8.96. The molecule has 0 bridgehead atoms. The molecule has 2 aliphatic rings. The van der Waals surface area contributed by atoms with Crippen molar-refractivity contribution in [2.75, 3.05) is 0 Å². The van der Waals surface area contributed by atoms with Gasteiger partial charge in [0, 0.05) is 0 Å². The van der Waals surface area contributed by atoms with Crippen LogP contribution in [0, 0.1) is 34.5 Å². The van der Waals surface area contributed by atoms with Crippen LogP contribution in [-0.4, -0.2) is 10.7 Å². The summed E-state index contributed by atoms with van der Waals surface area (Å²) >= 11 is 0. The summed E-state index contributed by atoms with van der Waals surface area (Å²) in [6.45, 7) is 6.68. The lowest BCUT2D eigenvalue weighted by Crippen LogP contribution is -2.58. The van der Waals surface area contributed by atoms with E-state index in [9.17, 15) is 10.4 Å². The van der Waals surface area contributed by atoms with Crippen molar-refractivity contribution < 1.29 is 5.11 Å². The van der Waals surface area contributed by atoms with Crippen molar-refractivity contribution in [1.82, 2.24) is 0 Å². The van der Waals surface area contributed by atoms with Crippen molar-refractivity contribution >= 4 is 0 Å². The molecule has 0 aromatic heterocycles. The summed E-state index contributed by atoms with van der Waals surface area (Å²) < 4.78 is 0. The first kappa shape index (κ1) is 14.9. The van der Waals surface area contributed by atoms with Crippen LogP contribution in [0.2, 0.25) is 0 Å². The van der Waals surface area contributed by atoms with Crippen molar-refractivity contribution in [3.8, 4) is 6.07 Å². The minimum absolute atomic E-state index is 0.442. The number of rotatable bonds is 4. The van der Waals surface area contributed by atoms with Crippen LogP contribution in [0.3, 0.4) is 0 Å². The van der Waals surface area contributed by atoms with Gasteiger partial charge in [-0.2, -0.15) is 5.26 Å². The Morgan fingerprint density at radius 2 is 1.84 bits per heavy atom. The molecule has 2 aliphatic carbocycles. The maximum atomic E-state index is 10.9. The number of aliphatic hydroxyl groups is 1. The van der Waals surface area contributed by atoms with Crippen molar-refractivity contribution in [2.24, 2.45) is 23.2 Å². The van der Waals surface area contributed by atoms with Gasteiger partial charge in [0.05, 0.1) is 17.1 Å². The molecule has 19 heavy (non-hydrogen) atoms. The molecule has 0 radical (unpaired) electrons. The first-order valence-electron chi connectivity index (χ1n) is 8.10. The average molecular weight is 263 g/mol. The van der Waals surface area contributed by atoms with Gasteiger partial charge in [0.2, 0.25) is 0 Å². The molecule has 108 valence electrons. The zero-order chi connectivity index (χ0) is 14.1. The molecule has 2 rings (SSSR count). The van der Waals surface area contributed by atoms with Crippen LogP contribution in [0.4, 0.5) is 0 Å². The van der Waals surface area contributed by atoms with E-state index < -0.39 is 11.0 Å². The van der Waals surface area contributed by atoms with Gasteiger partial charge in [0.25, 0.3) is 0 Å². The van der Waals surface area contributed by atoms with E-state index in [0.29, 0.717) is 11.8 Å². The normalized spacial score (nSPS) is 42.7. The van der Waals surface area contributed by atoms with E-state index in [0.717, 1.165) is 44.4 Å². The summed E-state index contributed by atoms with van der Waals surface area (Å²) in [5.74, 6) is 2.03. The van der Waals surface area contributed by atoms with E-state index in [2.05, 4.69) is 26.8 Å². The summed E-state index contributed by atoms with van der Waals surface area (Å²) in [4.78, 5) is 0. The van der Waals surface area contributed by atoms with Crippen molar-refractivity contribution in [3.05, 3.63) is 0 Å². The maximum absolute atomic E-state index is 10.9. The van der Waals surface area contributed by atoms with Gasteiger partial charge in [-0.15, -0.1) is 0 Å².